The third kappa shape index (κ3) is 4.36. The van der Waals surface area contributed by atoms with Crippen molar-refractivity contribution >= 4 is 17.7 Å². The highest BCUT2D eigenvalue weighted by Crippen LogP contribution is 2.15. The van der Waals surface area contributed by atoms with Crippen LogP contribution in [0.1, 0.15) is 22.5 Å². The summed E-state index contributed by atoms with van der Waals surface area (Å²) in [6.45, 7) is 2.40. The molecular formula is C19H20FN3O3. The molecule has 0 atom stereocenters. The Morgan fingerprint density at radius 3 is 2.65 bits per heavy atom. The molecule has 2 heterocycles. The van der Waals surface area contributed by atoms with Gasteiger partial charge in [-0.1, -0.05) is 18.2 Å². The van der Waals surface area contributed by atoms with E-state index in [9.17, 15) is 14.0 Å². The zero-order valence-electron chi connectivity index (χ0n) is 14.3. The molecule has 0 aliphatic carbocycles. The monoisotopic (exact) mass is 357 g/mol. The van der Waals surface area contributed by atoms with Gasteiger partial charge < -0.3 is 14.9 Å². The molecule has 1 aromatic carbocycles. The Hall–Kier alpha value is -2.96. The maximum atomic E-state index is 13.3. The van der Waals surface area contributed by atoms with Gasteiger partial charge in [-0.2, -0.15) is 0 Å². The Morgan fingerprint density at radius 1 is 1.08 bits per heavy atom. The third-order valence-electron chi connectivity index (χ3n) is 4.37. The van der Waals surface area contributed by atoms with E-state index in [1.54, 1.807) is 29.2 Å². The Labute approximate surface area is 150 Å². The zero-order chi connectivity index (χ0) is 18.5. The summed E-state index contributed by atoms with van der Waals surface area (Å²) >= 11 is 0. The molecule has 136 valence electrons. The fraction of sp³-hybridized carbons (Fsp3) is 0.316. The van der Waals surface area contributed by atoms with Crippen LogP contribution in [0.15, 0.2) is 42.5 Å². The number of hydrogen-bond donors (Lipinski definition) is 1. The van der Waals surface area contributed by atoms with Crippen LogP contribution in [0.3, 0.4) is 0 Å². The van der Waals surface area contributed by atoms with E-state index < -0.39 is 5.97 Å². The van der Waals surface area contributed by atoms with Crippen LogP contribution < -0.4 is 4.90 Å². The number of benzene rings is 1. The number of aromatic carboxylic acids is 1. The number of pyridine rings is 1. The number of aromatic nitrogens is 1. The molecule has 1 amide bonds. The Morgan fingerprint density at radius 2 is 1.88 bits per heavy atom. The number of rotatable bonds is 4. The first-order valence-electron chi connectivity index (χ1n) is 8.50. The summed E-state index contributed by atoms with van der Waals surface area (Å²) in [5.74, 6) is -0.843. The fourth-order valence-electron chi connectivity index (χ4n) is 3.05. The number of carboxylic acid groups (broad SMARTS) is 1. The number of carboxylic acids is 1. The summed E-state index contributed by atoms with van der Waals surface area (Å²) in [5, 5.41) is 9.08. The van der Waals surface area contributed by atoms with Gasteiger partial charge in [-0.25, -0.2) is 14.2 Å². The molecule has 1 aromatic heterocycles. The molecule has 7 heteroatoms. The van der Waals surface area contributed by atoms with Gasteiger partial charge in [-0.15, -0.1) is 0 Å². The van der Waals surface area contributed by atoms with E-state index in [1.165, 1.54) is 18.2 Å². The van der Waals surface area contributed by atoms with Crippen LogP contribution in [0.2, 0.25) is 0 Å². The lowest BCUT2D eigenvalue weighted by atomic mass is 10.1. The van der Waals surface area contributed by atoms with Crippen LogP contribution in [-0.2, 0) is 11.2 Å². The molecule has 0 saturated carbocycles. The highest BCUT2D eigenvalue weighted by atomic mass is 19.1. The zero-order valence-corrected chi connectivity index (χ0v) is 14.3. The van der Waals surface area contributed by atoms with Crippen molar-refractivity contribution in [1.29, 1.82) is 0 Å². The van der Waals surface area contributed by atoms with Gasteiger partial charge in [0.05, 0.1) is 6.42 Å². The number of halogens is 1. The van der Waals surface area contributed by atoms with Crippen molar-refractivity contribution in [2.45, 2.75) is 12.8 Å². The topological polar surface area (TPSA) is 73.7 Å². The van der Waals surface area contributed by atoms with Crippen LogP contribution in [0, 0.1) is 5.82 Å². The molecule has 0 radical (unpaired) electrons. The van der Waals surface area contributed by atoms with E-state index in [-0.39, 0.29) is 23.8 Å². The van der Waals surface area contributed by atoms with Crippen molar-refractivity contribution in [2.24, 2.45) is 0 Å². The first kappa shape index (κ1) is 17.8. The molecule has 0 bridgehead atoms. The van der Waals surface area contributed by atoms with Crippen LogP contribution >= 0.6 is 0 Å². The van der Waals surface area contributed by atoms with E-state index >= 15 is 0 Å². The normalized spacial score (nSPS) is 14.8. The van der Waals surface area contributed by atoms with Crippen molar-refractivity contribution in [1.82, 2.24) is 9.88 Å². The van der Waals surface area contributed by atoms with Gasteiger partial charge in [-0.3, -0.25) is 4.79 Å². The van der Waals surface area contributed by atoms with Gasteiger partial charge >= 0.3 is 5.97 Å². The van der Waals surface area contributed by atoms with E-state index in [4.69, 9.17) is 5.11 Å². The fourth-order valence-corrected chi connectivity index (χ4v) is 3.05. The highest BCUT2D eigenvalue weighted by Gasteiger charge is 2.20. The second-order valence-electron chi connectivity index (χ2n) is 6.21. The molecule has 1 aliphatic rings. The summed E-state index contributed by atoms with van der Waals surface area (Å²) in [5.41, 5.74) is 0.665. The smallest absolute Gasteiger partial charge is 0.354 e. The summed E-state index contributed by atoms with van der Waals surface area (Å²) in [6.07, 6.45) is 0.929. The van der Waals surface area contributed by atoms with E-state index in [1.807, 2.05) is 4.90 Å². The van der Waals surface area contributed by atoms with Crippen molar-refractivity contribution < 1.29 is 19.1 Å². The summed E-state index contributed by atoms with van der Waals surface area (Å²) in [4.78, 5) is 31.5. The molecule has 0 spiro atoms. The first-order valence-corrected chi connectivity index (χ1v) is 8.50. The summed E-state index contributed by atoms with van der Waals surface area (Å²) in [7, 11) is 0. The number of nitrogens with zero attached hydrogens (tertiary/aromatic N) is 3. The van der Waals surface area contributed by atoms with Crippen molar-refractivity contribution in [3.05, 3.63) is 59.5 Å². The van der Waals surface area contributed by atoms with Crippen LogP contribution in [0.25, 0.3) is 0 Å². The number of carbonyl (C=O) groups is 2. The lowest BCUT2D eigenvalue weighted by Gasteiger charge is -2.23. The first-order chi connectivity index (χ1) is 12.5. The number of anilines is 1. The molecule has 0 unspecified atom stereocenters. The van der Waals surface area contributed by atoms with E-state index in [0.29, 0.717) is 37.6 Å². The largest absolute Gasteiger partial charge is 0.477 e. The van der Waals surface area contributed by atoms with Crippen LogP contribution in [0.4, 0.5) is 10.2 Å². The quantitative estimate of drug-likeness (QED) is 0.908. The number of hydrogen-bond acceptors (Lipinski definition) is 4. The maximum Gasteiger partial charge on any atom is 0.354 e. The minimum Gasteiger partial charge on any atom is -0.477 e. The molecule has 1 fully saturated rings. The highest BCUT2D eigenvalue weighted by molar-refractivity contribution is 5.85. The lowest BCUT2D eigenvalue weighted by molar-refractivity contribution is -0.130. The van der Waals surface area contributed by atoms with Crippen LogP contribution in [0.5, 0.6) is 0 Å². The van der Waals surface area contributed by atoms with Gasteiger partial charge in [0, 0.05) is 26.2 Å². The molecule has 3 rings (SSSR count). The van der Waals surface area contributed by atoms with Gasteiger partial charge in [0.2, 0.25) is 5.91 Å². The van der Waals surface area contributed by atoms with Crippen LogP contribution in [-0.4, -0.2) is 53.0 Å². The van der Waals surface area contributed by atoms with Gasteiger partial charge in [0.25, 0.3) is 0 Å². The average Bonchev–Trinajstić information content (AvgIpc) is 2.88. The third-order valence-corrected chi connectivity index (χ3v) is 4.37. The van der Waals surface area contributed by atoms with Crippen molar-refractivity contribution in [2.75, 3.05) is 31.1 Å². The number of carbonyl (C=O) groups excluding carboxylic acids is 1. The predicted octanol–water partition coefficient (Wildman–Crippen LogP) is 2.20. The van der Waals surface area contributed by atoms with Crippen molar-refractivity contribution in [3.63, 3.8) is 0 Å². The Bertz CT molecular complexity index is 812. The Kier molecular flexibility index (Phi) is 5.46. The minimum absolute atomic E-state index is 0.00536. The van der Waals surface area contributed by atoms with Gasteiger partial charge in [-0.05, 0) is 36.2 Å². The summed E-state index contributed by atoms with van der Waals surface area (Å²) < 4.78 is 13.3. The molecule has 6 nitrogen and oxygen atoms in total. The second kappa shape index (κ2) is 7.95. The summed E-state index contributed by atoms with van der Waals surface area (Å²) in [6, 6.07) is 11.0. The molecule has 1 N–H and O–H groups in total. The predicted molar refractivity (Wildman–Crippen MR) is 94.7 cm³/mol. The maximum absolute atomic E-state index is 13.3. The van der Waals surface area contributed by atoms with Crippen molar-refractivity contribution in [3.8, 4) is 0 Å². The van der Waals surface area contributed by atoms with E-state index in [0.717, 1.165) is 6.42 Å². The van der Waals surface area contributed by atoms with Gasteiger partial charge in [0.15, 0.2) is 5.69 Å². The average molecular weight is 357 g/mol. The Balaban J connectivity index is 1.63. The second-order valence-corrected chi connectivity index (χ2v) is 6.21. The van der Waals surface area contributed by atoms with Gasteiger partial charge in [0.1, 0.15) is 11.6 Å². The lowest BCUT2D eigenvalue weighted by Crippen LogP contribution is -2.36. The standard InChI is InChI=1S/C19H20FN3O3/c20-15-5-1-4-14(12-15)13-18(24)23-9-3-8-22(10-11-23)17-7-2-6-16(21-17)19(25)26/h1-2,4-7,12H,3,8-11,13H2,(H,25,26). The SMILES string of the molecule is O=C(O)c1cccc(N2CCCN(C(=O)Cc3cccc(F)c3)CC2)n1. The molecule has 1 saturated heterocycles. The molecular weight excluding hydrogens is 337 g/mol. The molecule has 1 aliphatic heterocycles. The minimum atomic E-state index is -1.06. The number of amides is 1. The van der Waals surface area contributed by atoms with E-state index in [2.05, 4.69) is 4.98 Å². The molecule has 2 aromatic rings. The molecule has 26 heavy (non-hydrogen) atoms.